The minimum atomic E-state index is -1.09. The van der Waals surface area contributed by atoms with Crippen LogP contribution in [0.15, 0.2) is 72.8 Å². The number of benzene rings is 3. The van der Waals surface area contributed by atoms with Crippen LogP contribution in [-0.4, -0.2) is 46.9 Å². The quantitative estimate of drug-likeness (QED) is 0.249. The van der Waals surface area contributed by atoms with Gasteiger partial charge in [0.15, 0.2) is 0 Å². The van der Waals surface area contributed by atoms with E-state index in [1.54, 1.807) is 60.7 Å². The van der Waals surface area contributed by atoms with Gasteiger partial charge in [-0.1, -0.05) is 48.0 Å². The molecule has 0 spiro atoms. The van der Waals surface area contributed by atoms with Crippen LogP contribution in [0.3, 0.4) is 0 Å². The molecule has 0 aromatic heterocycles. The van der Waals surface area contributed by atoms with Crippen molar-refractivity contribution in [1.29, 1.82) is 0 Å². The van der Waals surface area contributed by atoms with Crippen molar-refractivity contribution in [1.82, 2.24) is 21.3 Å². The van der Waals surface area contributed by atoms with Gasteiger partial charge in [-0.25, -0.2) is 0 Å². The van der Waals surface area contributed by atoms with Crippen LogP contribution in [-0.2, 0) is 38.4 Å². The molecule has 40 heavy (non-hydrogen) atoms. The minimum absolute atomic E-state index is 0.0538. The number of hydrogen-bond acceptors (Lipinski definition) is 6. The van der Waals surface area contributed by atoms with Gasteiger partial charge in [0.25, 0.3) is 0 Å². The first-order valence-corrected chi connectivity index (χ1v) is 13.0. The number of phenolic OH excluding ortho intramolecular Hbond substituents is 1. The molecule has 1 aliphatic rings. The number of rotatable bonds is 6. The highest BCUT2D eigenvalue weighted by molar-refractivity contribution is 6.30. The average Bonchev–Trinajstić information content (AvgIpc) is 2.93. The summed E-state index contributed by atoms with van der Waals surface area (Å²) in [5, 5.41) is 20.7. The standard InChI is InChI=1S/C29H29ClN5O5/c30-20-7-1-17(2-8-20)14-24-28(39)35-25(15-19-5-11-22(36)12-6-19)29(40)34-23(27(38)32-16-26(37)33-24)13-18-3-9-21(31)10-4-18/h1-12,16,23-25,36H,13-15,31H2,(H,32,38)(H,33,37)(H,34,40)(H,35,39). The van der Waals surface area contributed by atoms with Gasteiger partial charge in [0, 0.05) is 30.0 Å². The minimum Gasteiger partial charge on any atom is -0.508 e. The lowest BCUT2D eigenvalue weighted by Crippen LogP contribution is -2.59. The molecule has 1 aliphatic heterocycles. The smallest absolute Gasteiger partial charge is 0.245 e. The van der Waals surface area contributed by atoms with E-state index in [0.29, 0.717) is 16.3 Å². The zero-order chi connectivity index (χ0) is 28.6. The largest absolute Gasteiger partial charge is 0.508 e. The fourth-order valence-corrected chi connectivity index (χ4v) is 4.36. The summed E-state index contributed by atoms with van der Waals surface area (Å²) >= 11 is 5.97. The number of carbonyl (C=O) groups is 4. The van der Waals surface area contributed by atoms with Gasteiger partial charge < -0.3 is 32.1 Å². The SMILES string of the molecule is Nc1ccc(CC2NC(=O)C(Cc3ccc(O)cc3)NC(=O)C(Cc3ccc(Cl)cc3)NC(=O)[CH]NC2=O)cc1. The number of carbonyl (C=O) groups excluding carboxylic acids is 4. The molecule has 4 amide bonds. The summed E-state index contributed by atoms with van der Waals surface area (Å²) in [4.78, 5) is 52.7. The molecule has 0 saturated carbocycles. The fourth-order valence-electron chi connectivity index (χ4n) is 4.24. The molecule has 4 rings (SSSR count). The third kappa shape index (κ3) is 7.97. The van der Waals surface area contributed by atoms with Crippen LogP contribution in [0, 0.1) is 6.54 Å². The molecule has 1 fully saturated rings. The molecule has 0 aliphatic carbocycles. The van der Waals surface area contributed by atoms with Gasteiger partial charge in [-0.05, 0) is 53.1 Å². The van der Waals surface area contributed by atoms with E-state index in [2.05, 4.69) is 21.3 Å². The summed E-state index contributed by atoms with van der Waals surface area (Å²) in [6.07, 6.45) is 0.304. The van der Waals surface area contributed by atoms with Crippen molar-refractivity contribution < 1.29 is 24.3 Å². The van der Waals surface area contributed by atoms with Crippen LogP contribution in [0.5, 0.6) is 5.75 Å². The van der Waals surface area contributed by atoms with E-state index in [-0.39, 0.29) is 25.0 Å². The number of nitrogens with two attached hydrogens (primary N) is 1. The van der Waals surface area contributed by atoms with Crippen molar-refractivity contribution in [2.75, 3.05) is 5.73 Å². The highest BCUT2D eigenvalue weighted by atomic mass is 35.5. The normalized spacial score (nSPS) is 20.3. The van der Waals surface area contributed by atoms with E-state index in [4.69, 9.17) is 17.3 Å². The van der Waals surface area contributed by atoms with Crippen LogP contribution < -0.4 is 27.0 Å². The number of aromatic hydroxyl groups is 1. The van der Waals surface area contributed by atoms with Crippen LogP contribution >= 0.6 is 11.6 Å². The summed E-state index contributed by atoms with van der Waals surface area (Å²) in [6.45, 7) is 0.933. The van der Waals surface area contributed by atoms with E-state index in [1.807, 2.05) is 0 Å². The summed E-state index contributed by atoms with van der Waals surface area (Å²) in [7, 11) is 0. The zero-order valence-electron chi connectivity index (χ0n) is 21.4. The van der Waals surface area contributed by atoms with E-state index in [0.717, 1.165) is 17.7 Å². The molecule has 1 saturated heterocycles. The van der Waals surface area contributed by atoms with Gasteiger partial charge in [0.2, 0.25) is 23.6 Å². The van der Waals surface area contributed by atoms with Crippen molar-refractivity contribution >= 4 is 40.9 Å². The van der Waals surface area contributed by atoms with Gasteiger partial charge >= 0.3 is 0 Å². The van der Waals surface area contributed by atoms with Crippen molar-refractivity contribution in [3.63, 3.8) is 0 Å². The van der Waals surface area contributed by atoms with E-state index in [1.165, 1.54) is 12.1 Å². The molecule has 3 unspecified atom stereocenters. The lowest BCUT2D eigenvalue weighted by Gasteiger charge is -2.27. The maximum absolute atomic E-state index is 13.5. The van der Waals surface area contributed by atoms with Gasteiger partial charge in [-0.15, -0.1) is 0 Å². The Bertz CT molecular complexity index is 1320. The van der Waals surface area contributed by atoms with Crippen molar-refractivity contribution in [2.45, 2.75) is 37.4 Å². The molecule has 3 aromatic carbocycles. The summed E-state index contributed by atoms with van der Waals surface area (Å²) in [5.74, 6) is -2.41. The Balaban J connectivity index is 1.61. The first kappa shape index (κ1) is 28.4. The summed E-state index contributed by atoms with van der Waals surface area (Å²) in [5.41, 5.74) is 8.43. The maximum Gasteiger partial charge on any atom is 0.245 e. The maximum atomic E-state index is 13.5. The third-order valence-electron chi connectivity index (χ3n) is 6.39. The van der Waals surface area contributed by atoms with E-state index in [9.17, 15) is 24.3 Å². The molecular formula is C29H29ClN5O5. The van der Waals surface area contributed by atoms with Crippen LogP contribution in [0.4, 0.5) is 5.69 Å². The number of amides is 4. The van der Waals surface area contributed by atoms with E-state index < -0.39 is 41.8 Å². The Hall–Kier alpha value is -4.57. The first-order valence-electron chi connectivity index (χ1n) is 12.6. The summed E-state index contributed by atoms with van der Waals surface area (Å²) in [6, 6.07) is 16.6. The molecule has 1 radical (unpaired) electrons. The van der Waals surface area contributed by atoms with Gasteiger partial charge in [0.1, 0.15) is 30.4 Å². The second-order valence-corrected chi connectivity index (χ2v) is 9.92. The molecule has 3 aromatic rings. The third-order valence-corrected chi connectivity index (χ3v) is 6.65. The highest BCUT2D eigenvalue weighted by Crippen LogP contribution is 2.15. The second-order valence-electron chi connectivity index (χ2n) is 9.48. The predicted octanol–water partition coefficient (Wildman–Crippen LogP) is 1.40. The Morgan fingerprint density at radius 1 is 0.625 bits per heavy atom. The van der Waals surface area contributed by atoms with Crippen LogP contribution in [0.1, 0.15) is 16.7 Å². The molecule has 207 valence electrons. The first-order chi connectivity index (χ1) is 19.2. The molecule has 3 atom stereocenters. The lowest BCUT2D eigenvalue weighted by molar-refractivity contribution is -0.134. The summed E-state index contributed by atoms with van der Waals surface area (Å²) < 4.78 is 0. The van der Waals surface area contributed by atoms with Gasteiger partial charge in [-0.3, -0.25) is 19.2 Å². The number of hydrogen-bond donors (Lipinski definition) is 6. The molecule has 1 heterocycles. The monoisotopic (exact) mass is 562 g/mol. The van der Waals surface area contributed by atoms with Gasteiger partial charge in [0.05, 0.1) is 0 Å². The number of nitrogens with one attached hydrogen (secondary N) is 4. The Labute approximate surface area is 236 Å². The molecule has 10 nitrogen and oxygen atoms in total. The van der Waals surface area contributed by atoms with Gasteiger partial charge in [-0.2, -0.15) is 0 Å². The average molecular weight is 563 g/mol. The Morgan fingerprint density at radius 3 is 1.57 bits per heavy atom. The zero-order valence-corrected chi connectivity index (χ0v) is 22.2. The number of halogens is 1. The number of nitrogen functional groups attached to an aromatic ring is 1. The van der Waals surface area contributed by atoms with Crippen LogP contribution in [0.2, 0.25) is 5.02 Å². The molecule has 0 bridgehead atoms. The Kier molecular flexibility index (Phi) is 9.23. The van der Waals surface area contributed by atoms with Crippen LogP contribution in [0.25, 0.3) is 0 Å². The van der Waals surface area contributed by atoms with Crippen molar-refractivity contribution in [3.8, 4) is 5.75 Å². The number of phenols is 1. The second kappa shape index (κ2) is 13.0. The Morgan fingerprint density at radius 2 is 1.05 bits per heavy atom. The fraction of sp³-hybridized carbons (Fsp3) is 0.207. The molecule has 11 heteroatoms. The predicted molar refractivity (Wildman–Crippen MR) is 150 cm³/mol. The van der Waals surface area contributed by atoms with Crippen molar-refractivity contribution in [2.24, 2.45) is 0 Å². The highest BCUT2D eigenvalue weighted by Gasteiger charge is 2.31. The van der Waals surface area contributed by atoms with E-state index >= 15 is 0 Å². The topological polar surface area (TPSA) is 163 Å². The number of anilines is 1. The molecular weight excluding hydrogens is 534 g/mol. The molecule has 7 N–H and O–H groups in total. The van der Waals surface area contributed by atoms with Crippen molar-refractivity contribution in [3.05, 3.63) is 101 Å². The lowest BCUT2D eigenvalue weighted by atomic mass is 10.0.